The zero-order chi connectivity index (χ0) is 15.7. The number of benzene rings is 1. The molecule has 0 radical (unpaired) electrons. The van der Waals surface area contributed by atoms with E-state index in [1.54, 1.807) is 0 Å². The molecular weight excluding hydrogens is 279 g/mol. The second-order valence-corrected chi connectivity index (χ2v) is 3.89. The van der Waals surface area contributed by atoms with Crippen LogP contribution in [-0.2, 0) is 4.74 Å². The molecule has 21 heavy (non-hydrogen) atoms. The van der Waals surface area contributed by atoms with E-state index < -0.39 is 17.8 Å². The molecule has 0 aliphatic carbocycles. The molecule has 112 valence electrons. The van der Waals surface area contributed by atoms with Gasteiger partial charge in [0, 0.05) is 12.0 Å². The summed E-state index contributed by atoms with van der Waals surface area (Å²) >= 11 is 0. The summed E-state index contributed by atoms with van der Waals surface area (Å²) in [5, 5.41) is 11.1. The maximum absolute atomic E-state index is 13.2. The van der Waals surface area contributed by atoms with Gasteiger partial charge in [0.15, 0.2) is 0 Å². The highest BCUT2D eigenvalue weighted by atomic mass is 19.1. The van der Waals surface area contributed by atoms with E-state index in [1.165, 1.54) is 12.1 Å². The average Bonchev–Trinajstić information content (AvgIpc) is 2.45. The van der Waals surface area contributed by atoms with Gasteiger partial charge in [-0.2, -0.15) is 0 Å². The lowest BCUT2D eigenvalue weighted by atomic mass is 10.1. The van der Waals surface area contributed by atoms with E-state index in [9.17, 15) is 14.0 Å². The standard InChI is InChI=1S/C14H15FN2O4/c15-11-5-4-10(3-1-2-7-18)12(9-11)13(19)17-6-8-21-14(16)20/h4-5,9,18H,2,6-8H2,(H2,16,20)(H,17,19). The predicted molar refractivity (Wildman–Crippen MR) is 72.8 cm³/mol. The molecule has 0 fully saturated rings. The molecule has 4 N–H and O–H groups in total. The molecule has 0 spiro atoms. The Morgan fingerprint density at radius 2 is 2.19 bits per heavy atom. The molecule has 0 aromatic heterocycles. The zero-order valence-electron chi connectivity index (χ0n) is 11.2. The molecule has 1 rings (SSSR count). The fraction of sp³-hybridized carbons (Fsp3) is 0.286. The quantitative estimate of drug-likeness (QED) is 0.540. The summed E-state index contributed by atoms with van der Waals surface area (Å²) < 4.78 is 17.7. The number of nitrogens with one attached hydrogen (secondary N) is 1. The third-order valence-electron chi connectivity index (χ3n) is 2.32. The largest absolute Gasteiger partial charge is 0.448 e. The monoisotopic (exact) mass is 294 g/mol. The summed E-state index contributed by atoms with van der Waals surface area (Å²) in [5.41, 5.74) is 5.18. The van der Waals surface area contributed by atoms with Gasteiger partial charge in [0.05, 0.1) is 18.7 Å². The molecule has 0 unspecified atom stereocenters. The third-order valence-corrected chi connectivity index (χ3v) is 2.32. The first-order valence-corrected chi connectivity index (χ1v) is 6.14. The van der Waals surface area contributed by atoms with Gasteiger partial charge in [0.25, 0.3) is 5.91 Å². The third kappa shape index (κ3) is 5.93. The Morgan fingerprint density at radius 3 is 2.86 bits per heavy atom. The summed E-state index contributed by atoms with van der Waals surface area (Å²) in [4.78, 5) is 22.3. The van der Waals surface area contributed by atoms with Gasteiger partial charge in [-0.3, -0.25) is 4.79 Å². The minimum absolute atomic E-state index is 0.0434. The van der Waals surface area contributed by atoms with Crippen molar-refractivity contribution >= 4 is 12.0 Å². The highest BCUT2D eigenvalue weighted by Gasteiger charge is 2.11. The molecule has 0 aliphatic rings. The van der Waals surface area contributed by atoms with Gasteiger partial charge in [-0.1, -0.05) is 11.8 Å². The lowest BCUT2D eigenvalue weighted by molar-refractivity contribution is 0.0936. The van der Waals surface area contributed by atoms with Gasteiger partial charge in [-0.25, -0.2) is 9.18 Å². The zero-order valence-corrected chi connectivity index (χ0v) is 11.2. The molecule has 0 atom stereocenters. The van der Waals surface area contributed by atoms with Crippen LogP contribution in [0.3, 0.4) is 0 Å². The van der Waals surface area contributed by atoms with Crippen LogP contribution in [0, 0.1) is 17.7 Å². The molecule has 0 saturated carbocycles. The molecule has 0 aliphatic heterocycles. The lowest BCUT2D eigenvalue weighted by Crippen LogP contribution is -2.29. The van der Waals surface area contributed by atoms with Crippen LogP contribution in [0.1, 0.15) is 22.3 Å². The Labute approximate surface area is 121 Å². The first-order chi connectivity index (χ1) is 10.0. The van der Waals surface area contributed by atoms with Crippen molar-refractivity contribution in [3.8, 4) is 11.8 Å². The SMILES string of the molecule is NC(=O)OCCNC(=O)c1cc(F)ccc1C#CCCO. The van der Waals surface area contributed by atoms with Crippen molar-refractivity contribution in [1.82, 2.24) is 5.32 Å². The Kier molecular flexibility index (Phi) is 6.71. The highest BCUT2D eigenvalue weighted by Crippen LogP contribution is 2.10. The summed E-state index contributed by atoms with van der Waals surface area (Å²) in [6, 6.07) is 3.64. The summed E-state index contributed by atoms with van der Waals surface area (Å²) in [5.74, 6) is 4.23. The Morgan fingerprint density at radius 1 is 1.43 bits per heavy atom. The van der Waals surface area contributed by atoms with Crippen molar-refractivity contribution in [3.63, 3.8) is 0 Å². The van der Waals surface area contributed by atoms with Crippen LogP contribution >= 0.6 is 0 Å². The number of amides is 2. The van der Waals surface area contributed by atoms with Gasteiger partial charge in [-0.05, 0) is 18.2 Å². The predicted octanol–water partition coefficient (Wildman–Crippen LogP) is 0.385. The first-order valence-electron chi connectivity index (χ1n) is 6.14. The molecule has 0 saturated heterocycles. The number of carbonyl (C=O) groups is 2. The fourth-order valence-electron chi connectivity index (χ4n) is 1.44. The van der Waals surface area contributed by atoms with E-state index in [-0.39, 0.29) is 31.7 Å². The van der Waals surface area contributed by atoms with Crippen LogP contribution in [0.15, 0.2) is 18.2 Å². The highest BCUT2D eigenvalue weighted by molar-refractivity contribution is 5.96. The van der Waals surface area contributed by atoms with Gasteiger partial charge in [-0.15, -0.1) is 0 Å². The average molecular weight is 294 g/mol. The number of halogens is 1. The van der Waals surface area contributed by atoms with Crippen LogP contribution in [0.5, 0.6) is 0 Å². The summed E-state index contributed by atoms with van der Waals surface area (Å²) in [6.45, 7) is -0.135. The smallest absolute Gasteiger partial charge is 0.404 e. The number of ether oxygens (including phenoxy) is 1. The van der Waals surface area contributed by atoms with Crippen molar-refractivity contribution in [2.24, 2.45) is 5.73 Å². The Hall–Kier alpha value is -2.59. The van der Waals surface area contributed by atoms with E-state index in [4.69, 9.17) is 10.8 Å². The van der Waals surface area contributed by atoms with Gasteiger partial charge in [0.2, 0.25) is 0 Å². The number of hydrogen-bond donors (Lipinski definition) is 3. The lowest BCUT2D eigenvalue weighted by Gasteiger charge is -2.07. The van der Waals surface area contributed by atoms with E-state index in [0.717, 1.165) is 6.07 Å². The second kappa shape index (κ2) is 8.55. The maximum atomic E-state index is 13.2. The van der Waals surface area contributed by atoms with Crippen LogP contribution in [0.2, 0.25) is 0 Å². The van der Waals surface area contributed by atoms with E-state index in [1.807, 2.05) is 0 Å². The number of aliphatic hydroxyl groups is 1. The number of hydrogen-bond acceptors (Lipinski definition) is 4. The topological polar surface area (TPSA) is 102 Å². The normalized spacial score (nSPS) is 9.43. The summed E-state index contributed by atoms with van der Waals surface area (Å²) in [6.07, 6.45) is -0.684. The number of aliphatic hydroxyl groups excluding tert-OH is 1. The van der Waals surface area contributed by atoms with Crippen LogP contribution in [0.4, 0.5) is 9.18 Å². The van der Waals surface area contributed by atoms with Crippen molar-refractivity contribution < 1.29 is 23.8 Å². The van der Waals surface area contributed by atoms with Gasteiger partial charge >= 0.3 is 6.09 Å². The molecule has 2 amide bonds. The molecule has 7 heteroatoms. The van der Waals surface area contributed by atoms with Gasteiger partial charge in [0.1, 0.15) is 12.4 Å². The van der Waals surface area contributed by atoms with Crippen molar-refractivity contribution in [3.05, 3.63) is 35.1 Å². The molecule has 1 aromatic rings. The summed E-state index contributed by atoms with van der Waals surface area (Å²) in [7, 11) is 0. The van der Waals surface area contributed by atoms with Crippen molar-refractivity contribution in [2.45, 2.75) is 6.42 Å². The minimum atomic E-state index is -0.939. The molecule has 1 aromatic carbocycles. The molecule has 0 bridgehead atoms. The van der Waals surface area contributed by atoms with E-state index >= 15 is 0 Å². The van der Waals surface area contributed by atoms with Crippen LogP contribution in [0.25, 0.3) is 0 Å². The van der Waals surface area contributed by atoms with E-state index in [2.05, 4.69) is 21.9 Å². The fourth-order valence-corrected chi connectivity index (χ4v) is 1.44. The Bertz CT molecular complexity index is 578. The van der Waals surface area contributed by atoms with Crippen LogP contribution in [-0.4, -0.2) is 36.9 Å². The molecule has 6 nitrogen and oxygen atoms in total. The van der Waals surface area contributed by atoms with Crippen LogP contribution < -0.4 is 11.1 Å². The van der Waals surface area contributed by atoms with Crippen molar-refractivity contribution in [1.29, 1.82) is 0 Å². The minimum Gasteiger partial charge on any atom is -0.448 e. The number of nitrogens with two attached hydrogens (primary N) is 1. The first kappa shape index (κ1) is 16.5. The maximum Gasteiger partial charge on any atom is 0.404 e. The number of primary amides is 1. The number of carbonyl (C=O) groups excluding carboxylic acids is 2. The van der Waals surface area contributed by atoms with Crippen molar-refractivity contribution in [2.75, 3.05) is 19.8 Å². The number of rotatable bonds is 5. The molecule has 0 heterocycles. The molecular formula is C14H15FN2O4. The van der Waals surface area contributed by atoms with E-state index in [0.29, 0.717) is 5.56 Å². The Balaban J connectivity index is 2.75. The van der Waals surface area contributed by atoms with Gasteiger partial charge < -0.3 is 20.9 Å². The second-order valence-electron chi connectivity index (χ2n) is 3.89.